The van der Waals surface area contributed by atoms with Crippen molar-refractivity contribution in [2.24, 2.45) is 5.73 Å². The highest BCUT2D eigenvalue weighted by atomic mass is 19.1. The lowest BCUT2D eigenvalue weighted by Gasteiger charge is -2.19. The van der Waals surface area contributed by atoms with Crippen LogP contribution in [0, 0.1) is 5.82 Å². The van der Waals surface area contributed by atoms with Crippen molar-refractivity contribution in [3.8, 4) is 0 Å². The summed E-state index contributed by atoms with van der Waals surface area (Å²) in [5, 5.41) is 19.5. The average Bonchev–Trinajstić information content (AvgIpc) is 2.28. The topological polar surface area (TPSA) is 83.5 Å². The quantitative estimate of drug-likeness (QED) is 0.665. The molecule has 0 heterocycles. The van der Waals surface area contributed by atoms with E-state index in [-0.39, 0.29) is 29.9 Å². The van der Waals surface area contributed by atoms with E-state index in [1.807, 2.05) is 0 Å². The van der Waals surface area contributed by atoms with Gasteiger partial charge in [0.15, 0.2) is 5.78 Å². The van der Waals surface area contributed by atoms with Crippen molar-refractivity contribution in [1.29, 1.82) is 0 Å². The first-order valence-corrected chi connectivity index (χ1v) is 5.34. The summed E-state index contributed by atoms with van der Waals surface area (Å²) in [7, 11) is 0. The number of carbonyl (C=O) groups is 1. The highest BCUT2D eigenvalue weighted by Crippen LogP contribution is 2.23. The molecule has 0 spiro atoms. The maximum Gasteiger partial charge on any atom is 0.160 e. The predicted molar refractivity (Wildman–Crippen MR) is 61.0 cm³/mol. The Morgan fingerprint density at radius 1 is 1.47 bits per heavy atom. The largest absolute Gasteiger partial charge is 0.390 e. The number of aliphatic hydroxyl groups is 2. The molecule has 0 bridgehead atoms. The Morgan fingerprint density at radius 2 is 2.12 bits per heavy atom. The van der Waals surface area contributed by atoms with Crippen molar-refractivity contribution in [2.75, 3.05) is 6.54 Å². The molecule has 1 aromatic carbocycles. The fourth-order valence-electron chi connectivity index (χ4n) is 1.63. The number of nitrogens with two attached hydrogens (primary N) is 1. The molecule has 2 atom stereocenters. The Labute approximate surface area is 98.9 Å². The van der Waals surface area contributed by atoms with Crippen molar-refractivity contribution < 1.29 is 19.4 Å². The fraction of sp³-hybridized carbons (Fsp3) is 0.417. The molecular formula is C12H16FNO3. The lowest BCUT2D eigenvalue weighted by atomic mass is 9.95. The van der Waals surface area contributed by atoms with E-state index >= 15 is 0 Å². The third-order valence-electron chi connectivity index (χ3n) is 2.54. The van der Waals surface area contributed by atoms with Gasteiger partial charge in [-0.05, 0) is 37.6 Å². The summed E-state index contributed by atoms with van der Waals surface area (Å²) in [5.74, 6) is -0.919. The van der Waals surface area contributed by atoms with Crippen molar-refractivity contribution in [2.45, 2.75) is 25.6 Å². The first-order chi connectivity index (χ1) is 7.97. The van der Waals surface area contributed by atoms with Crippen molar-refractivity contribution in [3.63, 3.8) is 0 Å². The normalized spacial score (nSPS) is 14.4. The van der Waals surface area contributed by atoms with Gasteiger partial charge in [0.25, 0.3) is 0 Å². The van der Waals surface area contributed by atoms with Gasteiger partial charge >= 0.3 is 0 Å². The molecular weight excluding hydrogens is 225 g/mol. The molecule has 0 saturated carbocycles. The molecule has 4 N–H and O–H groups in total. The minimum Gasteiger partial charge on any atom is -0.390 e. The second-order valence-electron chi connectivity index (χ2n) is 3.88. The number of aliphatic hydroxyl groups excluding tert-OH is 2. The second kappa shape index (κ2) is 5.86. The van der Waals surface area contributed by atoms with Crippen LogP contribution in [0.3, 0.4) is 0 Å². The zero-order valence-corrected chi connectivity index (χ0v) is 9.56. The molecule has 5 heteroatoms. The maximum atomic E-state index is 13.0. The number of hydrogen-bond donors (Lipinski definition) is 3. The summed E-state index contributed by atoms with van der Waals surface area (Å²) in [5.41, 5.74) is 5.57. The van der Waals surface area contributed by atoms with Crippen LogP contribution in [0.5, 0.6) is 0 Å². The molecule has 1 aromatic rings. The summed E-state index contributed by atoms with van der Waals surface area (Å²) < 4.78 is 13.0. The van der Waals surface area contributed by atoms with Gasteiger partial charge in [0.1, 0.15) is 11.9 Å². The molecule has 2 unspecified atom stereocenters. The number of halogens is 1. The van der Waals surface area contributed by atoms with E-state index in [0.29, 0.717) is 0 Å². The van der Waals surface area contributed by atoms with Gasteiger partial charge in [0.05, 0.1) is 6.10 Å². The summed E-state index contributed by atoms with van der Waals surface area (Å²) >= 11 is 0. The van der Waals surface area contributed by atoms with Crippen LogP contribution in [-0.4, -0.2) is 28.6 Å². The zero-order chi connectivity index (χ0) is 13.0. The Bertz CT molecular complexity index is 409. The maximum absolute atomic E-state index is 13.0. The molecule has 0 aliphatic carbocycles. The van der Waals surface area contributed by atoms with Crippen molar-refractivity contribution in [1.82, 2.24) is 0 Å². The number of rotatable bonds is 5. The summed E-state index contributed by atoms with van der Waals surface area (Å²) in [6.45, 7) is 1.50. The van der Waals surface area contributed by atoms with Crippen LogP contribution in [0.15, 0.2) is 18.2 Å². The third kappa shape index (κ3) is 3.33. The number of benzene rings is 1. The molecule has 0 aliphatic rings. The van der Waals surface area contributed by atoms with Gasteiger partial charge in [-0.3, -0.25) is 4.79 Å². The molecule has 0 amide bonds. The Hall–Kier alpha value is -1.30. The minimum atomic E-state index is -1.24. The first kappa shape index (κ1) is 13.8. The van der Waals surface area contributed by atoms with Crippen LogP contribution < -0.4 is 5.73 Å². The SMILES string of the molecule is CC(=O)c1cc(F)ccc1C(O)C(O)CCN. The summed E-state index contributed by atoms with van der Waals surface area (Å²) in [4.78, 5) is 11.3. The molecule has 0 aromatic heterocycles. The fourth-order valence-corrected chi connectivity index (χ4v) is 1.63. The number of carbonyl (C=O) groups excluding carboxylic acids is 1. The monoisotopic (exact) mass is 241 g/mol. The first-order valence-electron chi connectivity index (χ1n) is 5.34. The molecule has 1 rings (SSSR count). The molecule has 0 aliphatic heterocycles. The van der Waals surface area contributed by atoms with Crippen LogP contribution in [0.25, 0.3) is 0 Å². The van der Waals surface area contributed by atoms with Crippen LogP contribution in [-0.2, 0) is 0 Å². The molecule has 0 fully saturated rings. The van der Waals surface area contributed by atoms with Crippen molar-refractivity contribution in [3.05, 3.63) is 35.1 Å². The third-order valence-corrected chi connectivity index (χ3v) is 2.54. The van der Waals surface area contributed by atoms with Crippen LogP contribution in [0.1, 0.15) is 35.4 Å². The average molecular weight is 241 g/mol. The van der Waals surface area contributed by atoms with Crippen LogP contribution in [0.4, 0.5) is 4.39 Å². The van der Waals surface area contributed by atoms with Crippen molar-refractivity contribution >= 4 is 5.78 Å². The van der Waals surface area contributed by atoms with E-state index in [1.165, 1.54) is 13.0 Å². The van der Waals surface area contributed by atoms with E-state index < -0.39 is 18.0 Å². The molecule has 0 saturated heterocycles. The molecule has 4 nitrogen and oxygen atoms in total. The lowest BCUT2D eigenvalue weighted by molar-refractivity contribution is 0.0145. The Balaban J connectivity index is 3.08. The molecule has 94 valence electrons. The van der Waals surface area contributed by atoms with Gasteiger partial charge in [-0.25, -0.2) is 4.39 Å². The van der Waals surface area contributed by atoms with E-state index in [9.17, 15) is 19.4 Å². The minimum absolute atomic E-state index is 0.0774. The smallest absolute Gasteiger partial charge is 0.160 e. The van der Waals surface area contributed by atoms with Gasteiger partial charge in [-0.1, -0.05) is 6.07 Å². The summed E-state index contributed by atoms with van der Waals surface area (Å²) in [6.07, 6.45) is -2.10. The van der Waals surface area contributed by atoms with Gasteiger partial charge < -0.3 is 15.9 Å². The zero-order valence-electron chi connectivity index (χ0n) is 9.56. The van der Waals surface area contributed by atoms with E-state index in [4.69, 9.17) is 5.73 Å². The standard InChI is InChI=1S/C12H16FNO3/c1-7(15)10-6-8(13)2-3-9(10)12(17)11(16)4-5-14/h2-3,6,11-12,16-17H,4-5,14H2,1H3. The van der Waals surface area contributed by atoms with Crippen LogP contribution >= 0.6 is 0 Å². The Kier molecular flexibility index (Phi) is 4.74. The van der Waals surface area contributed by atoms with E-state index in [1.54, 1.807) is 0 Å². The number of ketones is 1. The van der Waals surface area contributed by atoms with E-state index in [2.05, 4.69) is 0 Å². The van der Waals surface area contributed by atoms with E-state index in [0.717, 1.165) is 12.1 Å². The van der Waals surface area contributed by atoms with Crippen LogP contribution in [0.2, 0.25) is 0 Å². The van der Waals surface area contributed by atoms with Gasteiger partial charge in [0.2, 0.25) is 0 Å². The number of Topliss-reactive ketones (excluding diaryl/α,β-unsaturated/α-hetero) is 1. The predicted octanol–water partition coefficient (Wildman–Crippen LogP) is 0.771. The number of hydrogen-bond acceptors (Lipinski definition) is 4. The summed E-state index contributed by atoms with van der Waals surface area (Å²) in [6, 6.07) is 3.49. The highest BCUT2D eigenvalue weighted by molar-refractivity contribution is 5.95. The van der Waals surface area contributed by atoms with Gasteiger partial charge in [-0.2, -0.15) is 0 Å². The van der Waals surface area contributed by atoms with Gasteiger partial charge in [-0.15, -0.1) is 0 Å². The van der Waals surface area contributed by atoms with Gasteiger partial charge in [0, 0.05) is 5.56 Å². The molecule has 0 radical (unpaired) electrons. The lowest BCUT2D eigenvalue weighted by Crippen LogP contribution is -2.23. The Morgan fingerprint density at radius 3 is 2.65 bits per heavy atom. The second-order valence-corrected chi connectivity index (χ2v) is 3.88. The highest BCUT2D eigenvalue weighted by Gasteiger charge is 2.22. The molecule has 17 heavy (non-hydrogen) atoms.